The monoisotopic (exact) mass is 317 g/mol. The first-order valence-corrected chi connectivity index (χ1v) is 6.83. The van der Waals surface area contributed by atoms with Crippen LogP contribution in [-0.4, -0.2) is 14.9 Å². The standard InChI is InChI=1S/C14H8ClN3O4/c15-14-11(16-7-3-1-2-4-8(7)17-14)13-12(22-13)9-5-6-10(21-9)18(19)20/h1-6,12-13H/t12-,13+/m1/s1. The van der Waals surface area contributed by atoms with Crippen LogP contribution in [0.2, 0.25) is 5.15 Å². The van der Waals surface area contributed by atoms with Crippen molar-refractivity contribution in [3.05, 3.63) is 63.1 Å². The number of furan rings is 1. The number of epoxide rings is 1. The molecule has 110 valence electrons. The van der Waals surface area contributed by atoms with Crippen LogP contribution in [0.4, 0.5) is 5.88 Å². The molecule has 1 fully saturated rings. The number of benzene rings is 1. The number of nitro groups is 1. The minimum absolute atomic E-state index is 0.257. The van der Waals surface area contributed by atoms with Crippen LogP contribution in [0.5, 0.6) is 0 Å². The van der Waals surface area contributed by atoms with Gasteiger partial charge in [0, 0.05) is 0 Å². The minimum Gasteiger partial charge on any atom is -0.403 e. The van der Waals surface area contributed by atoms with Crippen LogP contribution in [0, 0.1) is 10.1 Å². The number of para-hydroxylation sites is 2. The summed E-state index contributed by atoms with van der Waals surface area (Å²) < 4.78 is 10.6. The van der Waals surface area contributed by atoms with E-state index in [0.29, 0.717) is 22.5 Å². The van der Waals surface area contributed by atoms with Gasteiger partial charge < -0.3 is 9.15 Å². The van der Waals surface area contributed by atoms with E-state index in [2.05, 4.69) is 9.97 Å². The van der Waals surface area contributed by atoms with E-state index in [0.717, 1.165) is 0 Å². The van der Waals surface area contributed by atoms with Crippen LogP contribution >= 0.6 is 11.6 Å². The smallest absolute Gasteiger partial charge is 0.403 e. The zero-order valence-electron chi connectivity index (χ0n) is 11.0. The lowest BCUT2D eigenvalue weighted by atomic mass is 10.2. The van der Waals surface area contributed by atoms with Crippen LogP contribution in [-0.2, 0) is 4.74 Å². The Bertz CT molecular complexity index is 895. The van der Waals surface area contributed by atoms with Crippen molar-refractivity contribution in [2.45, 2.75) is 12.2 Å². The summed E-state index contributed by atoms with van der Waals surface area (Å²) in [6.45, 7) is 0. The van der Waals surface area contributed by atoms with Gasteiger partial charge in [-0.15, -0.1) is 0 Å². The maximum atomic E-state index is 10.6. The Labute approximate surface area is 128 Å². The lowest BCUT2D eigenvalue weighted by Crippen LogP contribution is -1.94. The highest BCUT2D eigenvalue weighted by molar-refractivity contribution is 6.30. The zero-order chi connectivity index (χ0) is 15.3. The summed E-state index contributed by atoms with van der Waals surface area (Å²) >= 11 is 6.15. The molecule has 1 aliphatic heterocycles. The summed E-state index contributed by atoms with van der Waals surface area (Å²) in [5, 5.41) is 10.9. The van der Waals surface area contributed by atoms with Crippen LogP contribution in [0.1, 0.15) is 23.7 Å². The van der Waals surface area contributed by atoms with Gasteiger partial charge in [-0.1, -0.05) is 23.7 Å². The molecule has 0 unspecified atom stereocenters. The van der Waals surface area contributed by atoms with E-state index in [9.17, 15) is 10.1 Å². The molecular formula is C14H8ClN3O4. The van der Waals surface area contributed by atoms with Crippen LogP contribution in [0.25, 0.3) is 11.0 Å². The third-order valence-corrected chi connectivity index (χ3v) is 3.66. The van der Waals surface area contributed by atoms with Crippen molar-refractivity contribution in [1.82, 2.24) is 9.97 Å². The molecule has 7 nitrogen and oxygen atoms in total. The van der Waals surface area contributed by atoms with Crippen molar-refractivity contribution < 1.29 is 14.1 Å². The number of fused-ring (bicyclic) bond motifs is 1. The molecule has 3 aromatic rings. The Morgan fingerprint density at radius 2 is 1.82 bits per heavy atom. The maximum Gasteiger partial charge on any atom is 0.433 e. The molecule has 2 aromatic heterocycles. The zero-order valence-corrected chi connectivity index (χ0v) is 11.7. The lowest BCUT2D eigenvalue weighted by molar-refractivity contribution is -0.402. The molecule has 0 N–H and O–H groups in total. The number of nitrogens with zero attached hydrogens (tertiary/aromatic N) is 3. The third kappa shape index (κ3) is 2.11. The summed E-state index contributed by atoms with van der Waals surface area (Å²) in [5.74, 6) is 0.0580. The molecular weight excluding hydrogens is 310 g/mol. The number of halogens is 1. The quantitative estimate of drug-likeness (QED) is 0.416. The number of hydrogen-bond donors (Lipinski definition) is 0. The number of aromatic nitrogens is 2. The van der Waals surface area contributed by atoms with Gasteiger partial charge in [0.1, 0.15) is 28.6 Å². The molecule has 4 rings (SSSR count). The maximum absolute atomic E-state index is 10.6. The highest BCUT2D eigenvalue weighted by Crippen LogP contribution is 2.52. The van der Waals surface area contributed by atoms with E-state index in [1.807, 2.05) is 24.3 Å². The van der Waals surface area contributed by atoms with E-state index in [4.69, 9.17) is 20.8 Å². The molecule has 1 saturated heterocycles. The van der Waals surface area contributed by atoms with E-state index in [1.165, 1.54) is 12.1 Å². The van der Waals surface area contributed by atoms with Gasteiger partial charge in [-0.05, 0) is 18.2 Å². The van der Waals surface area contributed by atoms with Gasteiger partial charge in [0.15, 0.2) is 5.15 Å². The van der Waals surface area contributed by atoms with Crippen molar-refractivity contribution in [3.63, 3.8) is 0 Å². The lowest BCUT2D eigenvalue weighted by Gasteiger charge is -2.02. The average molecular weight is 318 g/mol. The molecule has 0 aliphatic carbocycles. The summed E-state index contributed by atoms with van der Waals surface area (Å²) in [4.78, 5) is 18.8. The first-order chi connectivity index (χ1) is 10.6. The molecule has 2 atom stereocenters. The van der Waals surface area contributed by atoms with Gasteiger partial charge in [0.25, 0.3) is 0 Å². The van der Waals surface area contributed by atoms with Gasteiger partial charge in [0.05, 0.1) is 17.1 Å². The molecule has 0 amide bonds. The summed E-state index contributed by atoms with van der Waals surface area (Å²) in [5.41, 5.74) is 1.91. The highest BCUT2D eigenvalue weighted by atomic mass is 35.5. The SMILES string of the molecule is O=[N+]([O-])c1ccc([C@H]2O[C@H]2c2nc3ccccc3nc2Cl)o1. The van der Waals surface area contributed by atoms with Crippen molar-refractivity contribution >= 4 is 28.5 Å². The number of rotatable bonds is 3. The van der Waals surface area contributed by atoms with Crippen molar-refractivity contribution in [1.29, 1.82) is 0 Å². The van der Waals surface area contributed by atoms with E-state index in [-0.39, 0.29) is 11.0 Å². The summed E-state index contributed by atoms with van der Waals surface area (Å²) in [7, 11) is 0. The van der Waals surface area contributed by atoms with Crippen LogP contribution in [0.15, 0.2) is 40.8 Å². The van der Waals surface area contributed by atoms with E-state index >= 15 is 0 Å². The van der Waals surface area contributed by atoms with Gasteiger partial charge in [0.2, 0.25) is 0 Å². The minimum atomic E-state index is -0.594. The van der Waals surface area contributed by atoms with Gasteiger partial charge >= 0.3 is 5.88 Å². The molecule has 0 radical (unpaired) electrons. The second kappa shape index (κ2) is 4.75. The largest absolute Gasteiger partial charge is 0.433 e. The molecule has 0 bridgehead atoms. The Hall–Kier alpha value is -2.51. The predicted molar refractivity (Wildman–Crippen MR) is 76.5 cm³/mol. The third-order valence-electron chi connectivity index (χ3n) is 3.39. The van der Waals surface area contributed by atoms with Gasteiger partial charge in [-0.2, -0.15) is 0 Å². The normalized spacial score (nSPS) is 20.2. The van der Waals surface area contributed by atoms with Gasteiger partial charge in [-0.3, -0.25) is 10.1 Å². The fourth-order valence-electron chi connectivity index (χ4n) is 2.30. The van der Waals surface area contributed by atoms with Crippen molar-refractivity contribution in [2.75, 3.05) is 0 Å². The Balaban J connectivity index is 1.66. The molecule has 22 heavy (non-hydrogen) atoms. The van der Waals surface area contributed by atoms with Crippen LogP contribution in [0.3, 0.4) is 0 Å². The summed E-state index contributed by atoms with van der Waals surface area (Å²) in [6.07, 6.45) is -0.836. The van der Waals surface area contributed by atoms with Crippen LogP contribution < -0.4 is 0 Å². The Morgan fingerprint density at radius 3 is 2.50 bits per heavy atom. The van der Waals surface area contributed by atoms with E-state index in [1.54, 1.807) is 0 Å². The first-order valence-electron chi connectivity index (χ1n) is 6.45. The highest BCUT2D eigenvalue weighted by Gasteiger charge is 2.47. The molecule has 8 heteroatoms. The average Bonchev–Trinajstić information content (AvgIpc) is 3.13. The first kappa shape index (κ1) is 13.2. The fourth-order valence-corrected chi connectivity index (χ4v) is 2.54. The molecule has 1 aromatic carbocycles. The summed E-state index contributed by atoms with van der Waals surface area (Å²) in [6, 6.07) is 10.2. The molecule has 3 heterocycles. The fraction of sp³-hybridized carbons (Fsp3) is 0.143. The number of ether oxygens (including phenoxy) is 1. The molecule has 0 saturated carbocycles. The van der Waals surface area contributed by atoms with E-state index < -0.39 is 17.1 Å². The molecule has 1 aliphatic rings. The second-order valence-electron chi connectivity index (χ2n) is 4.80. The Kier molecular flexibility index (Phi) is 2.85. The number of hydrogen-bond acceptors (Lipinski definition) is 6. The molecule has 0 spiro atoms. The van der Waals surface area contributed by atoms with Crippen molar-refractivity contribution in [2.24, 2.45) is 0 Å². The topological polar surface area (TPSA) is 94.6 Å². The predicted octanol–water partition coefficient (Wildman–Crippen LogP) is 3.60. The van der Waals surface area contributed by atoms with Crippen molar-refractivity contribution in [3.8, 4) is 0 Å². The van der Waals surface area contributed by atoms with Gasteiger partial charge in [-0.25, -0.2) is 9.97 Å². The second-order valence-corrected chi connectivity index (χ2v) is 5.16. The Morgan fingerprint density at radius 1 is 1.09 bits per heavy atom.